The van der Waals surface area contributed by atoms with Gasteiger partial charge in [-0.3, -0.25) is 0 Å². The second-order valence-corrected chi connectivity index (χ2v) is 5.04. The first-order valence-electron chi connectivity index (χ1n) is 6.36. The lowest BCUT2D eigenvalue weighted by Gasteiger charge is -2.20. The quantitative estimate of drug-likeness (QED) is 0.868. The van der Waals surface area contributed by atoms with Crippen molar-refractivity contribution in [2.24, 2.45) is 0 Å². The normalized spacial score (nSPS) is 12.4. The van der Waals surface area contributed by atoms with E-state index in [1.807, 2.05) is 44.2 Å². The predicted molar refractivity (Wildman–Crippen MR) is 78.1 cm³/mol. The van der Waals surface area contributed by atoms with E-state index in [4.69, 9.17) is 11.6 Å². The largest absolute Gasteiger partial charge is 0.307 e. The van der Waals surface area contributed by atoms with Crippen LogP contribution in [-0.4, -0.2) is 6.54 Å². The van der Waals surface area contributed by atoms with E-state index < -0.39 is 0 Å². The Balaban J connectivity index is 2.44. The molecular formula is C16H17ClFN. The maximum absolute atomic E-state index is 13.6. The molecule has 1 N–H and O–H groups in total. The standard InChI is InChI=1S/C16H17ClFN/c1-3-19-16(12-5-4-6-14(17)9-12)13-7-11(2)8-15(18)10-13/h4-10,16,19H,3H2,1-2H3. The molecule has 3 heteroatoms. The van der Waals surface area contributed by atoms with Crippen LogP contribution in [0.25, 0.3) is 0 Å². The molecule has 0 radical (unpaired) electrons. The molecule has 0 aliphatic heterocycles. The molecule has 1 nitrogen and oxygen atoms in total. The highest BCUT2D eigenvalue weighted by molar-refractivity contribution is 6.30. The van der Waals surface area contributed by atoms with Crippen molar-refractivity contribution in [2.75, 3.05) is 6.54 Å². The van der Waals surface area contributed by atoms with E-state index in [1.165, 1.54) is 6.07 Å². The lowest BCUT2D eigenvalue weighted by Crippen LogP contribution is -2.22. The molecule has 0 saturated heterocycles. The maximum Gasteiger partial charge on any atom is 0.123 e. The molecule has 100 valence electrons. The zero-order valence-electron chi connectivity index (χ0n) is 11.1. The van der Waals surface area contributed by atoms with Crippen LogP contribution >= 0.6 is 11.6 Å². The third-order valence-electron chi connectivity index (χ3n) is 2.99. The zero-order chi connectivity index (χ0) is 13.8. The molecule has 19 heavy (non-hydrogen) atoms. The second-order valence-electron chi connectivity index (χ2n) is 4.61. The van der Waals surface area contributed by atoms with Crippen LogP contribution in [0.4, 0.5) is 4.39 Å². The number of halogens is 2. The third-order valence-corrected chi connectivity index (χ3v) is 3.22. The highest BCUT2D eigenvalue weighted by atomic mass is 35.5. The zero-order valence-corrected chi connectivity index (χ0v) is 11.8. The first-order valence-corrected chi connectivity index (χ1v) is 6.74. The van der Waals surface area contributed by atoms with Crippen LogP contribution in [0.5, 0.6) is 0 Å². The van der Waals surface area contributed by atoms with Gasteiger partial charge in [-0.25, -0.2) is 4.39 Å². The fourth-order valence-electron chi connectivity index (χ4n) is 2.25. The topological polar surface area (TPSA) is 12.0 Å². The van der Waals surface area contributed by atoms with Crippen LogP contribution in [0, 0.1) is 12.7 Å². The summed E-state index contributed by atoms with van der Waals surface area (Å²) < 4.78 is 13.6. The fourth-order valence-corrected chi connectivity index (χ4v) is 2.45. The lowest BCUT2D eigenvalue weighted by atomic mass is 9.97. The number of benzene rings is 2. The summed E-state index contributed by atoms with van der Waals surface area (Å²) in [5.41, 5.74) is 2.88. The van der Waals surface area contributed by atoms with E-state index >= 15 is 0 Å². The molecule has 1 unspecified atom stereocenters. The molecule has 0 aliphatic rings. The van der Waals surface area contributed by atoms with E-state index in [-0.39, 0.29) is 11.9 Å². The molecule has 0 aromatic heterocycles. The molecule has 2 aromatic rings. The van der Waals surface area contributed by atoms with Gasteiger partial charge in [-0.1, -0.05) is 36.7 Å². The second kappa shape index (κ2) is 6.18. The van der Waals surface area contributed by atoms with Gasteiger partial charge in [-0.15, -0.1) is 0 Å². The Kier molecular flexibility index (Phi) is 4.56. The van der Waals surface area contributed by atoms with E-state index in [2.05, 4.69) is 5.32 Å². The lowest BCUT2D eigenvalue weighted by molar-refractivity contribution is 0.602. The number of nitrogens with one attached hydrogen (secondary N) is 1. The predicted octanol–water partition coefficient (Wildman–Crippen LogP) is 4.49. The van der Waals surface area contributed by atoms with E-state index in [0.29, 0.717) is 5.02 Å². The third kappa shape index (κ3) is 3.55. The Morgan fingerprint density at radius 1 is 1.16 bits per heavy atom. The summed E-state index contributed by atoms with van der Waals surface area (Å²) >= 11 is 6.04. The van der Waals surface area contributed by atoms with Gasteiger partial charge in [0, 0.05) is 5.02 Å². The molecule has 0 spiro atoms. The maximum atomic E-state index is 13.6. The SMILES string of the molecule is CCNC(c1cc(C)cc(F)c1)c1cccc(Cl)c1. The number of hydrogen-bond acceptors (Lipinski definition) is 1. The van der Waals surface area contributed by atoms with Crippen molar-refractivity contribution in [2.45, 2.75) is 19.9 Å². The van der Waals surface area contributed by atoms with Gasteiger partial charge in [0.2, 0.25) is 0 Å². The molecule has 0 amide bonds. The van der Waals surface area contributed by atoms with Gasteiger partial charge in [0.05, 0.1) is 6.04 Å². The Hall–Kier alpha value is -1.38. The summed E-state index contributed by atoms with van der Waals surface area (Å²) in [5.74, 6) is -0.208. The molecule has 0 heterocycles. The van der Waals surface area contributed by atoms with Crippen LogP contribution in [0.3, 0.4) is 0 Å². The van der Waals surface area contributed by atoms with E-state index in [9.17, 15) is 4.39 Å². The van der Waals surface area contributed by atoms with Crippen molar-refractivity contribution in [1.29, 1.82) is 0 Å². The van der Waals surface area contributed by atoms with Crippen molar-refractivity contribution in [3.05, 3.63) is 70.0 Å². The Labute approximate surface area is 118 Å². The molecule has 2 aromatic carbocycles. The summed E-state index contributed by atoms with van der Waals surface area (Å²) in [7, 11) is 0. The summed E-state index contributed by atoms with van der Waals surface area (Å²) in [6.07, 6.45) is 0. The van der Waals surface area contributed by atoms with Gasteiger partial charge >= 0.3 is 0 Å². The van der Waals surface area contributed by atoms with Gasteiger partial charge < -0.3 is 5.32 Å². The van der Waals surface area contributed by atoms with Crippen molar-refractivity contribution < 1.29 is 4.39 Å². The van der Waals surface area contributed by atoms with Crippen LogP contribution in [0.1, 0.15) is 29.7 Å². The highest BCUT2D eigenvalue weighted by Gasteiger charge is 2.14. The van der Waals surface area contributed by atoms with Crippen molar-refractivity contribution in [1.82, 2.24) is 5.32 Å². The Bertz CT molecular complexity index is 548. The highest BCUT2D eigenvalue weighted by Crippen LogP contribution is 2.25. The number of rotatable bonds is 4. The molecular weight excluding hydrogens is 261 g/mol. The Morgan fingerprint density at radius 2 is 1.95 bits per heavy atom. The van der Waals surface area contributed by atoms with Gasteiger partial charge in [0.25, 0.3) is 0 Å². The summed E-state index contributed by atoms with van der Waals surface area (Å²) in [4.78, 5) is 0. The average Bonchev–Trinajstić information content (AvgIpc) is 2.34. The smallest absolute Gasteiger partial charge is 0.123 e. The van der Waals surface area contributed by atoms with Crippen LogP contribution in [0.2, 0.25) is 5.02 Å². The molecule has 0 saturated carbocycles. The molecule has 0 fully saturated rings. The van der Waals surface area contributed by atoms with Crippen LogP contribution in [0.15, 0.2) is 42.5 Å². The van der Waals surface area contributed by atoms with E-state index in [1.54, 1.807) is 6.07 Å². The minimum atomic E-state index is -0.208. The number of hydrogen-bond donors (Lipinski definition) is 1. The monoisotopic (exact) mass is 277 g/mol. The minimum Gasteiger partial charge on any atom is -0.307 e. The summed E-state index contributed by atoms with van der Waals surface area (Å²) in [6, 6.07) is 12.7. The number of aryl methyl sites for hydroxylation is 1. The van der Waals surface area contributed by atoms with E-state index in [0.717, 1.165) is 23.2 Å². The summed E-state index contributed by atoms with van der Waals surface area (Å²) in [5, 5.41) is 4.06. The van der Waals surface area contributed by atoms with Gasteiger partial charge in [-0.2, -0.15) is 0 Å². The van der Waals surface area contributed by atoms with Crippen molar-refractivity contribution in [3.8, 4) is 0 Å². The average molecular weight is 278 g/mol. The van der Waals surface area contributed by atoms with Gasteiger partial charge in [0.1, 0.15) is 5.82 Å². The van der Waals surface area contributed by atoms with Crippen LogP contribution in [-0.2, 0) is 0 Å². The Morgan fingerprint density at radius 3 is 2.58 bits per heavy atom. The minimum absolute atomic E-state index is 0.0434. The fraction of sp³-hybridized carbons (Fsp3) is 0.250. The molecule has 1 atom stereocenters. The summed E-state index contributed by atoms with van der Waals surface area (Å²) in [6.45, 7) is 4.73. The first-order chi connectivity index (χ1) is 9.10. The molecule has 2 rings (SSSR count). The van der Waals surface area contributed by atoms with Crippen molar-refractivity contribution >= 4 is 11.6 Å². The van der Waals surface area contributed by atoms with Crippen molar-refractivity contribution in [3.63, 3.8) is 0 Å². The van der Waals surface area contributed by atoms with Gasteiger partial charge in [-0.05, 0) is 54.4 Å². The van der Waals surface area contributed by atoms with Gasteiger partial charge in [0.15, 0.2) is 0 Å². The molecule has 0 aliphatic carbocycles. The first kappa shape index (κ1) is 14.0. The van der Waals surface area contributed by atoms with Crippen LogP contribution < -0.4 is 5.32 Å². The molecule has 0 bridgehead atoms.